The number of rotatable bonds is 8. The van der Waals surface area contributed by atoms with E-state index in [2.05, 4.69) is 31.4 Å². The molecule has 1 unspecified atom stereocenters. The molecule has 3 aromatic rings. The first-order valence-corrected chi connectivity index (χ1v) is 12.0. The van der Waals surface area contributed by atoms with E-state index in [1.807, 2.05) is 44.4 Å². The van der Waals surface area contributed by atoms with Gasteiger partial charge in [0, 0.05) is 16.2 Å². The van der Waals surface area contributed by atoms with Crippen molar-refractivity contribution in [2.75, 3.05) is 11.1 Å². The fourth-order valence-electron chi connectivity index (χ4n) is 3.17. The molecule has 0 bridgehead atoms. The van der Waals surface area contributed by atoms with Crippen molar-refractivity contribution in [2.24, 2.45) is 0 Å². The van der Waals surface area contributed by atoms with E-state index in [9.17, 15) is 9.18 Å². The van der Waals surface area contributed by atoms with Crippen LogP contribution in [0.25, 0.3) is 0 Å². The fourth-order valence-corrected chi connectivity index (χ4v) is 4.48. The van der Waals surface area contributed by atoms with E-state index < -0.39 is 11.9 Å². The molecule has 0 fully saturated rings. The van der Waals surface area contributed by atoms with E-state index in [0.29, 0.717) is 11.0 Å². The monoisotopic (exact) mass is 520 g/mol. The summed E-state index contributed by atoms with van der Waals surface area (Å²) < 4.78 is 22.7. The Morgan fingerprint density at radius 2 is 1.88 bits per heavy atom. The number of carbonyl (C=O) groups is 1. The van der Waals surface area contributed by atoms with Crippen molar-refractivity contribution in [3.63, 3.8) is 0 Å². The topological polar surface area (TPSA) is 69.0 Å². The number of ether oxygens (including phenoxy) is 1. The second-order valence-corrected chi connectivity index (χ2v) is 9.47. The summed E-state index contributed by atoms with van der Waals surface area (Å²) in [6, 6.07) is 10.1. The first kappa shape index (κ1) is 24.3. The van der Waals surface area contributed by atoms with Gasteiger partial charge in [-0.1, -0.05) is 39.8 Å². The van der Waals surface area contributed by atoms with Crippen LogP contribution in [-0.4, -0.2) is 26.4 Å². The zero-order valence-corrected chi connectivity index (χ0v) is 21.1. The molecule has 9 heteroatoms. The van der Waals surface area contributed by atoms with Gasteiger partial charge in [0.1, 0.15) is 0 Å². The smallest absolute Gasteiger partial charge is 0.234 e. The standard InChI is InChI=1S/C23H26BrFN4O2S/c1-13(2)29-22(16(5)31-20-9-7-6-8-18(20)25)27-28-23(29)32-12-21(30)26-19-11-10-17(24)14(3)15(19)4/h6-11,13,16H,12H2,1-5H3,(H,26,30). The molecular weight excluding hydrogens is 495 g/mol. The number of carbonyl (C=O) groups excluding carboxylic acids is 1. The van der Waals surface area contributed by atoms with Crippen LogP contribution in [0.3, 0.4) is 0 Å². The highest BCUT2D eigenvalue weighted by Gasteiger charge is 2.23. The van der Waals surface area contributed by atoms with Gasteiger partial charge in [0.2, 0.25) is 5.91 Å². The SMILES string of the molecule is Cc1c(Br)ccc(NC(=O)CSc2nnc(C(C)Oc3ccccc3F)n2C(C)C)c1C. The van der Waals surface area contributed by atoms with Gasteiger partial charge in [0.15, 0.2) is 28.7 Å². The molecule has 0 aliphatic carbocycles. The summed E-state index contributed by atoms with van der Waals surface area (Å²) in [6.45, 7) is 9.78. The highest BCUT2D eigenvalue weighted by molar-refractivity contribution is 9.10. The number of halogens is 2. The minimum Gasteiger partial charge on any atom is -0.480 e. The molecule has 0 spiro atoms. The van der Waals surface area contributed by atoms with E-state index in [-0.39, 0.29) is 23.5 Å². The van der Waals surface area contributed by atoms with Crippen LogP contribution in [0.1, 0.15) is 49.9 Å². The van der Waals surface area contributed by atoms with E-state index in [1.165, 1.54) is 17.8 Å². The van der Waals surface area contributed by atoms with Crippen molar-refractivity contribution in [2.45, 2.75) is 51.9 Å². The van der Waals surface area contributed by atoms with Crippen LogP contribution in [0, 0.1) is 19.7 Å². The Bertz CT molecular complexity index is 1120. The molecule has 1 atom stereocenters. The predicted octanol–water partition coefficient (Wildman–Crippen LogP) is 6.25. The fraction of sp³-hybridized carbons (Fsp3) is 0.348. The van der Waals surface area contributed by atoms with Crippen molar-refractivity contribution in [1.29, 1.82) is 0 Å². The second-order valence-electron chi connectivity index (χ2n) is 7.68. The van der Waals surface area contributed by atoms with Crippen LogP contribution >= 0.6 is 27.7 Å². The first-order chi connectivity index (χ1) is 15.2. The van der Waals surface area contributed by atoms with E-state index in [1.54, 1.807) is 25.1 Å². The normalized spacial score (nSPS) is 12.1. The zero-order valence-electron chi connectivity index (χ0n) is 18.6. The van der Waals surface area contributed by atoms with Crippen molar-refractivity contribution in [3.8, 4) is 5.75 Å². The number of benzene rings is 2. The van der Waals surface area contributed by atoms with Gasteiger partial charge in [-0.05, 0) is 70.0 Å². The van der Waals surface area contributed by atoms with Gasteiger partial charge in [-0.3, -0.25) is 4.79 Å². The number of nitrogens with one attached hydrogen (secondary N) is 1. The number of para-hydroxylation sites is 1. The lowest BCUT2D eigenvalue weighted by Crippen LogP contribution is -2.17. The van der Waals surface area contributed by atoms with E-state index >= 15 is 0 Å². The minimum atomic E-state index is -0.515. The number of hydrogen-bond donors (Lipinski definition) is 1. The minimum absolute atomic E-state index is 0.0357. The van der Waals surface area contributed by atoms with Crippen molar-refractivity contribution in [1.82, 2.24) is 14.8 Å². The maximum Gasteiger partial charge on any atom is 0.234 e. The molecule has 3 rings (SSSR count). The van der Waals surface area contributed by atoms with Gasteiger partial charge in [-0.25, -0.2) is 4.39 Å². The Hall–Kier alpha value is -2.39. The van der Waals surface area contributed by atoms with Crippen LogP contribution in [0.15, 0.2) is 46.0 Å². The average Bonchev–Trinajstić information content (AvgIpc) is 3.19. The van der Waals surface area contributed by atoms with Gasteiger partial charge in [-0.2, -0.15) is 0 Å². The van der Waals surface area contributed by atoms with Gasteiger partial charge in [0.05, 0.1) is 5.75 Å². The lowest BCUT2D eigenvalue weighted by atomic mass is 10.1. The van der Waals surface area contributed by atoms with Crippen LogP contribution in [0.4, 0.5) is 10.1 Å². The van der Waals surface area contributed by atoms with Crippen molar-refractivity contribution < 1.29 is 13.9 Å². The van der Waals surface area contributed by atoms with E-state index in [4.69, 9.17) is 4.74 Å². The Labute approximate surface area is 200 Å². The lowest BCUT2D eigenvalue weighted by Gasteiger charge is -2.19. The molecule has 0 aliphatic heterocycles. The molecular formula is C23H26BrFN4O2S. The molecule has 2 aromatic carbocycles. The average molecular weight is 521 g/mol. The summed E-state index contributed by atoms with van der Waals surface area (Å²) in [4.78, 5) is 12.6. The van der Waals surface area contributed by atoms with Gasteiger partial charge < -0.3 is 14.6 Å². The molecule has 1 N–H and O–H groups in total. The largest absolute Gasteiger partial charge is 0.480 e. The summed E-state index contributed by atoms with van der Waals surface area (Å²) in [5.41, 5.74) is 2.89. The molecule has 6 nitrogen and oxygen atoms in total. The summed E-state index contributed by atoms with van der Waals surface area (Å²) in [7, 11) is 0. The molecule has 170 valence electrons. The maximum atomic E-state index is 14.0. The summed E-state index contributed by atoms with van der Waals surface area (Å²) in [5, 5.41) is 12.1. The number of nitrogens with zero attached hydrogens (tertiary/aromatic N) is 3. The van der Waals surface area contributed by atoms with Gasteiger partial charge in [0.25, 0.3) is 0 Å². The molecule has 1 aromatic heterocycles. The van der Waals surface area contributed by atoms with Crippen LogP contribution in [0.5, 0.6) is 5.75 Å². The third kappa shape index (κ3) is 5.50. The van der Waals surface area contributed by atoms with Crippen LogP contribution < -0.4 is 10.1 Å². The van der Waals surface area contributed by atoms with Crippen LogP contribution in [0.2, 0.25) is 0 Å². The summed E-state index contributed by atoms with van der Waals surface area (Å²) >= 11 is 4.80. The van der Waals surface area contributed by atoms with Gasteiger partial charge >= 0.3 is 0 Å². The lowest BCUT2D eigenvalue weighted by molar-refractivity contribution is -0.113. The molecule has 0 radical (unpaired) electrons. The summed E-state index contributed by atoms with van der Waals surface area (Å²) in [6.07, 6.45) is -0.515. The quantitative estimate of drug-likeness (QED) is 0.355. The maximum absolute atomic E-state index is 14.0. The molecule has 0 saturated heterocycles. The number of aromatic nitrogens is 3. The second kappa shape index (κ2) is 10.5. The number of anilines is 1. The predicted molar refractivity (Wildman–Crippen MR) is 129 cm³/mol. The first-order valence-electron chi connectivity index (χ1n) is 10.2. The number of thioether (sulfide) groups is 1. The molecule has 1 heterocycles. The highest BCUT2D eigenvalue weighted by Crippen LogP contribution is 2.29. The summed E-state index contributed by atoms with van der Waals surface area (Å²) in [5.74, 6) is 0.356. The molecule has 0 saturated carbocycles. The Morgan fingerprint density at radius 3 is 2.56 bits per heavy atom. The molecule has 32 heavy (non-hydrogen) atoms. The highest BCUT2D eigenvalue weighted by atomic mass is 79.9. The molecule has 0 aliphatic rings. The van der Waals surface area contributed by atoms with Gasteiger partial charge in [-0.15, -0.1) is 10.2 Å². The van der Waals surface area contributed by atoms with Crippen LogP contribution in [-0.2, 0) is 4.79 Å². The Morgan fingerprint density at radius 1 is 1.16 bits per heavy atom. The Balaban J connectivity index is 1.71. The van der Waals surface area contributed by atoms with E-state index in [0.717, 1.165) is 21.3 Å². The number of amides is 1. The third-order valence-corrected chi connectivity index (χ3v) is 6.84. The Kier molecular flexibility index (Phi) is 7.95. The third-order valence-electron chi connectivity index (χ3n) is 5.04. The van der Waals surface area contributed by atoms with Crippen molar-refractivity contribution in [3.05, 3.63) is 63.6 Å². The zero-order chi connectivity index (χ0) is 23.4. The number of hydrogen-bond acceptors (Lipinski definition) is 5. The van der Waals surface area contributed by atoms with Crippen molar-refractivity contribution >= 4 is 39.3 Å². The molecule has 1 amide bonds.